The van der Waals surface area contributed by atoms with Crippen LogP contribution in [0, 0.1) is 5.92 Å². The van der Waals surface area contributed by atoms with E-state index in [0.29, 0.717) is 0 Å². The highest BCUT2D eigenvalue weighted by Gasteiger charge is 2.13. The van der Waals surface area contributed by atoms with Crippen LogP contribution in [0.15, 0.2) is 22.8 Å². The lowest BCUT2D eigenvalue weighted by atomic mass is 9.93. The van der Waals surface area contributed by atoms with Gasteiger partial charge in [0.2, 0.25) is 0 Å². The number of nitrogens with one attached hydrogen (secondary N) is 1. The molecule has 1 saturated heterocycles. The molecule has 3 nitrogen and oxygen atoms in total. The van der Waals surface area contributed by atoms with Gasteiger partial charge in [0.1, 0.15) is 11.9 Å². The average molecular weight is 237 g/mol. The van der Waals surface area contributed by atoms with Crippen LogP contribution in [0.25, 0.3) is 0 Å². The first kappa shape index (κ1) is 12.7. The van der Waals surface area contributed by atoms with Gasteiger partial charge in [-0.05, 0) is 63.7 Å². The predicted octanol–water partition coefficient (Wildman–Crippen LogP) is 3.14. The summed E-state index contributed by atoms with van der Waals surface area (Å²) in [5, 5.41) is 3.40. The van der Waals surface area contributed by atoms with Crippen LogP contribution < -0.4 is 5.32 Å². The monoisotopic (exact) mass is 237 g/mol. The Bertz CT molecular complexity index is 291. The molecule has 2 rings (SSSR count). The molecular formula is C14H23NO2. The SMILES string of the molecule is C[C@H](OCCCC1CCNCC1)c1ccco1. The molecule has 1 fully saturated rings. The summed E-state index contributed by atoms with van der Waals surface area (Å²) in [6, 6.07) is 3.88. The Morgan fingerprint density at radius 3 is 3.00 bits per heavy atom. The summed E-state index contributed by atoms with van der Waals surface area (Å²) < 4.78 is 11.1. The first-order chi connectivity index (χ1) is 8.36. The van der Waals surface area contributed by atoms with Gasteiger partial charge in [-0.15, -0.1) is 0 Å². The third kappa shape index (κ3) is 4.17. The van der Waals surface area contributed by atoms with E-state index in [-0.39, 0.29) is 6.10 Å². The van der Waals surface area contributed by atoms with E-state index in [0.717, 1.165) is 24.7 Å². The van der Waals surface area contributed by atoms with E-state index >= 15 is 0 Å². The molecule has 1 aliphatic heterocycles. The molecule has 3 heteroatoms. The van der Waals surface area contributed by atoms with Crippen molar-refractivity contribution in [1.29, 1.82) is 0 Å². The number of piperidine rings is 1. The van der Waals surface area contributed by atoms with Gasteiger partial charge < -0.3 is 14.5 Å². The normalized spacial score (nSPS) is 19.4. The van der Waals surface area contributed by atoms with Crippen molar-refractivity contribution in [2.75, 3.05) is 19.7 Å². The maximum absolute atomic E-state index is 5.77. The standard InChI is InChI=1S/C14H23NO2/c1-12(14-5-3-11-17-14)16-10-2-4-13-6-8-15-9-7-13/h3,5,11-13,15H,2,4,6-10H2,1H3/t12-/m0/s1. The second kappa shape index (κ2) is 6.82. The fraction of sp³-hybridized carbons (Fsp3) is 0.714. The van der Waals surface area contributed by atoms with E-state index in [4.69, 9.17) is 9.15 Å². The highest BCUT2D eigenvalue weighted by Crippen LogP contribution is 2.20. The molecule has 0 bridgehead atoms. The van der Waals surface area contributed by atoms with Crippen LogP contribution in [-0.4, -0.2) is 19.7 Å². The number of rotatable bonds is 6. The highest BCUT2D eigenvalue weighted by atomic mass is 16.5. The van der Waals surface area contributed by atoms with Gasteiger partial charge in [-0.25, -0.2) is 0 Å². The molecule has 1 aromatic heterocycles. The van der Waals surface area contributed by atoms with E-state index in [2.05, 4.69) is 5.32 Å². The second-order valence-corrected chi connectivity index (χ2v) is 4.86. The molecule has 96 valence electrons. The van der Waals surface area contributed by atoms with Gasteiger partial charge in [0.05, 0.1) is 6.26 Å². The number of ether oxygens (including phenoxy) is 1. The fourth-order valence-corrected chi connectivity index (χ4v) is 2.41. The second-order valence-electron chi connectivity index (χ2n) is 4.86. The molecule has 0 radical (unpaired) electrons. The zero-order valence-electron chi connectivity index (χ0n) is 10.7. The van der Waals surface area contributed by atoms with E-state index in [1.54, 1.807) is 6.26 Å². The van der Waals surface area contributed by atoms with Crippen LogP contribution in [0.1, 0.15) is 44.5 Å². The van der Waals surface area contributed by atoms with E-state index < -0.39 is 0 Å². The third-order valence-corrected chi connectivity index (χ3v) is 3.53. The first-order valence-corrected chi connectivity index (χ1v) is 6.72. The van der Waals surface area contributed by atoms with Crippen LogP contribution in [0.2, 0.25) is 0 Å². The molecule has 0 saturated carbocycles. The largest absolute Gasteiger partial charge is 0.467 e. The van der Waals surface area contributed by atoms with Crippen molar-refractivity contribution in [3.05, 3.63) is 24.2 Å². The number of furan rings is 1. The minimum Gasteiger partial charge on any atom is -0.467 e. The number of hydrogen-bond donors (Lipinski definition) is 1. The summed E-state index contributed by atoms with van der Waals surface area (Å²) >= 11 is 0. The minimum absolute atomic E-state index is 0.0815. The van der Waals surface area contributed by atoms with Crippen LogP contribution in [0.5, 0.6) is 0 Å². The van der Waals surface area contributed by atoms with Crippen LogP contribution in [0.4, 0.5) is 0 Å². The maximum atomic E-state index is 5.77. The van der Waals surface area contributed by atoms with Gasteiger partial charge in [0.15, 0.2) is 0 Å². The molecule has 0 amide bonds. The molecule has 0 spiro atoms. The summed E-state index contributed by atoms with van der Waals surface area (Å²) in [5.41, 5.74) is 0. The molecule has 0 unspecified atom stereocenters. The van der Waals surface area contributed by atoms with Crippen molar-refractivity contribution in [2.24, 2.45) is 5.92 Å². The van der Waals surface area contributed by atoms with Crippen molar-refractivity contribution in [1.82, 2.24) is 5.32 Å². The van der Waals surface area contributed by atoms with Crippen LogP contribution in [0.3, 0.4) is 0 Å². The molecule has 1 aromatic rings. The van der Waals surface area contributed by atoms with Crippen LogP contribution in [-0.2, 0) is 4.74 Å². The van der Waals surface area contributed by atoms with Gasteiger partial charge in [-0.3, -0.25) is 0 Å². The topological polar surface area (TPSA) is 34.4 Å². The van der Waals surface area contributed by atoms with Crippen molar-refractivity contribution in [3.63, 3.8) is 0 Å². The molecule has 0 aliphatic carbocycles. The molecule has 2 heterocycles. The predicted molar refractivity (Wildman–Crippen MR) is 67.9 cm³/mol. The van der Waals surface area contributed by atoms with Gasteiger partial charge in [0.25, 0.3) is 0 Å². The smallest absolute Gasteiger partial charge is 0.132 e. The lowest BCUT2D eigenvalue weighted by Gasteiger charge is -2.22. The van der Waals surface area contributed by atoms with E-state index in [1.165, 1.54) is 32.4 Å². The van der Waals surface area contributed by atoms with Gasteiger partial charge in [0, 0.05) is 6.61 Å². The molecular weight excluding hydrogens is 214 g/mol. The summed E-state index contributed by atoms with van der Waals surface area (Å²) in [7, 11) is 0. The third-order valence-electron chi connectivity index (χ3n) is 3.53. The molecule has 1 aliphatic rings. The summed E-state index contributed by atoms with van der Waals surface area (Å²) in [6.45, 7) is 5.26. The van der Waals surface area contributed by atoms with Crippen molar-refractivity contribution in [2.45, 2.75) is 38.7 Å². The Kier molecular flexibility index (Phi) is 5.08. The average Bonchev–Trinajstić information content (AvgIpc) is 2.89. The first-order valence-electron chi connectivity index (χ1n) is 6.72. The Labute approximate surface area is 104 Å². The minimum atomic E-state index is 0.0815. The van der Waals surface area contributed by atoms with Crippen molar-refractivity contribution < 1.29 is 9.15 Å². The zero-order chi connectivity index (χ0) is 11.9. The molecule has 17 heavy (non-hydrogen) atoms. The Balaban J connectivity index is 1.56. The molecule has 1 atom stereocenters. The van der Waals surface area contributed by atoms with E-state index in [9.17, 15) is 0 Å². The Hall–Kier alpha value is -0.800. The summed E-state index contributed by atoms with van der Waals surface area (Å²) in [6.07, 6.45) is 6.89. The molecule has 1 N–H and O–H groups in total. The fourth-order valence-electron chi connectivity index (χ4n) is 2.41. The lowest BCUT2D eigenvalue weighted by molar-refractivity contribution is 0.0458. The zero-order valence-corrected chi connectivity index (χ0v) is 10.7. The summed E-state index contributed by atoms with van der Waals surface area (Å²) in [4.78, 5) is 0. The van der Waals surface area contributed by atoms with Crippen molar-refractivity contribution >= 4 is 0 Å². The Morgan fingerprint density at radius 2 is 2.29 bits per heavy atom. The van der Waals surface area contributed by atoms with Crippen LogP contribution >= 0.6 is 0 Å². The van der Waals surface area contributed by atoms with E-state index in [1.807, 2.05) is 19.1 Å². The van der Waals surface area contributed by atoms with Crippen molar-refractivity contribution in [3.8, 4) is 0 Å². The number of hydrogen-bond acceptors (Lipinski definition) is 3. The van der Waals surface area contributed by atoms with Gasteiger partial charge in [-0.2, -0.15) is 0 Å². The van der Waals surface area contributed by atoms with Gasteiger partial charge in [-0.1, -0.05) is 0 Å². The summed E-state index contributed by atoms with van der Waals surface area (Å²) in [5.74, 6) is 1.82. The maximum Gasteiger partial charge on any atom is 0.132 e. The quantitative estimate of drug-likeness (QED) is 0.772. The highest BCUT2D eigenvalue weighted by molar-refractivity contribution is 5.00. The Morgan fingerprint density at radius 1 is 1.47 bits per heavy atom. The molecule has 0 aromatic carbocycles. The van der Waals surface area contributed by atoms with Gasteiger partial charge >= 0.3 is 0 Å². The lowest BCUT2D eigenvalue weighted by Crippen LogP contribution is -2.27.